The second-order valence-electron chi connectivity index (χ2n) is 2.21. The van der Waals surface area contributed by atoms with Gasteiger partial charge in [0.05, 0.1) is 14.1 Å². The van der Waals surface area contributed by atoms with Gasteiger partial charge in [-0.25, -0.2) is 0 Å². The molecule has 14 heavy (non-hydrogen) atoms. The predicted molar refractivity (Wildman–Crippen MR) is 44.1 cm³/mol. The van der Waals surface area contributed by atoms with E-state index in [0.717, 1.165) is 5.16 Å². The molecule has 1 aromatic rings. The number of hydrogen-bond acceptors (Lipinski definition) is 3. The Morgan fingerprint density at radius 1 is 1.36 bits per heavy atom. The lowest BCUT2D eigenvalue weighted by Gasteiger charge is -1.94. The molecular formula is C4H9BF4N4S. The van der Waals surface area contributed by atoms with Crippen molar-refractivity contribution < 1.29 is 21.9 Å². The lowest BCUT2D eigenvalue weighted by atomic mass is 10.3. The molecule has 1 heterocycles. The highest BCUT2D eigenvalue weighted by molar-refractivity contribution is 7.98. The number of halogens is 4. The summed E-state index contributed by atoms with van der Waals surface area (Å²) in [5.74, 6) is 0. The van der Waals surface area contributed by atoms with Crippen LogP contribution in [0.15, 0.2) is 5.16 Å². The third kappa shape index (κ3) is 5.78. The molecule has 1 rings (SSSR count). The summed E-state index contributed by atoms with van der Waals surface area (Å²) in [6, 6.07) is 0. The van der Waals surface area contributed by atoms with Gasteiger partial charge in [0.2, 0.25) is 0 Å². The van der Waals surface area contributed by atoms with Gasteiger partial charge in [0, 0.05) is 0 Å². The monoisotopic (exact) mass is 232 g/mol. The van der Waals surface area contributed by atoms with E-state index < -0.39 is 7.25 Å². The smallest absolute Gasteiger partial charge is 0.418 e. The number of hydrogen-bond donors (Lipinski definition) is 0. The minimum absolute atomic E-state index is 1.05. The van der Waals surface area contributed by atoms with Crippen LogP contribution in [0, 0.1) is 0 Å². The summed E-state index contributed by atoms with van der Waals surface area (Å²) in [5.41, 5.74) is 0. The van der Waals surface area contributed by atoms with Gasteiger partial charge in [0.1, 0.15) is 5.21 Å². The van der Waals surface area contributed by atoms with E-state index in [4.69, 9.17) is 0 Å². The summed E-state index contributed by atoms with van der Waals surface area (Å²) in [4.78, 5) is 0. The maximum absolute atomic E-state index is 9.75. The molecule has 4 nitrogen and oxygen atoms in total. The second kappa shape index (κ2) is 5.18. The molecule has 0 aliphatic rings. The lowest BCUT2D eigenvalue weighted by Crippen LogP contribution is -2.32. The largest absolute Gasteiger partial charge is 0.673 e. The predicted octanol–water partition coefficient (Wildman–Crippen LogP) is 0.661. The Kier molecular flexibility index (Phi) is 4.88. The molecule has 0 aromatic carbocycles. The molecule has 0 amide bonds. The third-order valence-corrected chi connectivity index (χ3v) is 1.94. The fraction of sp³-hybridized carbons (Fsp3) is 0.750. The van der Waals surface area contributed by atoms with Crippen LogP contribution in [0.25, 0.3) is 0 Å². The quantitative estimate of drug-likeness (QED) is 0.309. The van der Waals surface area contributed by atoms with E-state index in [2.05, 4.69) is 10.4 Å². The van der Waals surface area contributed by atoms with E-state index in [1.54, 1.807) is 21.1 Å². The van der Waals surface area contributed by atoms with Gasteiger partial charge < -0.3 is 17.3 Å². The van der Waals surface area contributed by atoms with Gasteiger partial charge in [-0.2, -0.15) is 0 Å². The number of tetrazole rings is 1. The highest BCUT2D eigenvalue weighted by Gasteiger charge is 2.20. The van der Waals surface area contributed by atoms with E-state index in [1.807, 2.05) is 20.4 Å². The molecule has 10 heteroatoms. The molecule has 0 aliphatic heterocycles. The SMILES string of the molecule is CSc1n(C)nn[n+]1C.F[B-](F)(F)F. The molecule has 0 bridgehead atoms. The standard InChI is InChI=1S/C4H9N4S.BF4/c1-7-4(9-3)8(2)6-5-7;2-1(3,4)5/h1-3H3;/q+1;-1. The molecule has 0 N–H and O–H groups in total. The third-order valence-electron chi connectivity index (χ3n) is 1.04. The van der Waals surface area contributed by atoms with Crippen LogP contribution in [-0.4, -0.2) is 28.6 Å². The van der Waals surface area contributed by atoms with E-state index in [0.29, 0.717) is 0 Å². The van der Waals surface area contributed by atoms with Gasteiger partial charge in [-0.15, -0.1) is 4.68 Å². The molecule has 1 aromatic heterocycles. The van der Waals surface area contributed by atoms with E-state index in [-0.39, 0.29) is 0 Å². The number of nitrogens with zero attached hydrogens (tertiary/aromatic N) is 4. The van der Waals surface area contributed by atoms with Crippen LogP contribution >= 0.6 is 11.8 Å². The topological polar surface area (TPSA) is 34.6 Å². The zero-order valence-corrected chi connectivity index (χ0v) is 8.60. The van der Waals surface area contributed by atoms with Gasteiger partial charge in [-0.1, -0.05) is 16.4 Å². The Morgan fingerprint density at radius 3 is 1.93 bits per heavy atom. The highest BCUT2D eigenvalue weighted by Crippen LogP contribution is 2.06. The van der Waals surface area contributed by atoms with Crippen LogP contribution in [0.3, 0.4) is 0 Å². The van der Waals surface area contributed by atoms with Crippen molar-refractivity contribution in [3.05, 3.63) is 0 Å². The Hall–Kier alpha value is -0.795. The van der Waals surface area contributed by atoms with E-state index in [1.165, 1.54) is 0 Å². The first-order chi connectivity index (χ1) is 6.25. The number of aryl methyl sites for hydroxylation is 2. The van der Waals surface area contributed by atoms with Crippen molar-refractivity contribution in [1.82, 2.24) is 15.1 Å². The zero-order valence-electron chi connectivity index (χ0n) is 7.79. The summed E-state index contributed by atoms with van der Waals surface area (Å²) >= 11 is 1.63. The molecule has 0 spiro atoms. The van der Waals surface area contributed by atoms with Gasteiger partial charge in [-0.3, -0.25) is 0 Å². The zero-order chi connectivity index (χ0) is 11.4. The van der Waals surface area contributed by atoms with Crippen molar-refractivity contribution in [2.75, 3.05) is 6.26 Å². The molecule has 0 fully saturated rings. The minimum Gasteiger partial charge on any atom is -0.418 e. The van der Waals surface area contributed by atoms with Gasteiger partial charge >= 0.3 is 12.4 Å². The lowest BCUT2D eigenvalue weighted by molar-refractivity contribution is -0.766. The average Bonchev–Trinajstić information content (AvgIpc) is 2.27. The van der Waals surface area contributed by atoms with E-state index >= 15 is 0 Å². The normalized spacial score (nSPS) is 10.8. The number of thioether (sulfide) groups is 1. The molecule has 0 atom stereocenters. The van der Waals surface area contributed by atoms with Crippen LogP contribution in [0.4, 0.5) is 17.3 Å². The van der Waals surface area contributed by atoms with Crippen LogP contribution < -0.4 is 4.68 Å². The maximum Gasteiger partial charge on any atom is 0.673 e. The molecule has 0 unspecified atom stereocenters. The summed E-state index contributed by atoms with van der Waals surface area (Å²) < 4.78 is 42.5. The van der Waals surface area contributed by atoms with Crippen molar-refractivity contribution in [1.29, 1.82) is 0 Å². The Labute approximate surface area is 82.4 Å². The average molecular weight is 232 g/mol. The first-order valence-corrected chi connectivity index (χ1v) is 4.65. The summed E-state index contributed by atoms with van der Waals surface area (Å²) in [7, 11) is -2.25. The summed E-state index contributed by atoms with van der Waals surface area (Å²) in [5, 5.41) is 8.64. The highest BCUT2D eigenvalue weighted by atomic mass is 32.2. The fourth-order valence-corrected chi connectivity index (χ4v) is 1.27. The van der Waals surface area contributed by atoms with Crippen molar-refractivity contribution in [3.63, 3.8) is 0 Å². The second-order valence-corrected chi connectivity index (χ2v) is 2.98. The van der Waals surface area contributed by atoms with Crippen LogP contribution in [0.1, 0.15) is 0 Å². The fourth-order valence-electron chi connectivity index (χ4n) is 0.670. The Bertz CT molecular complexity index is 262. The van der Waals surface area contributed by atoms with Crippen molar-refractivity contribution in [2.45, 2.75) is 5.16 Å². The summed E-state index contributed by atoms with van der Waals surface area (Å²) in [6.45, 7) is 0. The van der Waals surface area contributed by atoms with Crippen molar-refractivity contribution in [2.24, 2.45) is 14.1 Å². The minimum atomic E-state index is -6.00. The maximum atomic E-state index is 9.75. The molecule has 0 saturated carbocycles. The molecule has 0 radical (unpaired) electrons. The molecular weight excluding hydrogens is 223 g/mol. The molecule has 0 saturated heterocycles. The van der Waals surface area contributed by atoms with Crippen molar-refractivity contribution in [3.8, 4) is 0 Å². The molecule has 82 valence electrons. The Morgan fingerprint density at radius 2 is 1.79 bits per heavy atom. The van der Waals surface area contributed by atoms with Crippen LogP contribution in [-0.2, 0) is 14.1 Å². The first kappa shape index (κ1) is 13.2. The first-order valence-electron chi connectivity index (χ1n) is 3.43. The number of rotatable bonds is 1. The van der Waals surface area contributed by atoms with Gasteiger partial charge in [-0.05, 0) is 6.26 Å². The van der Waals surface area contributed by atoms with Crippen LogP contribution in [0.2, 0.25) is 0 Å². The van der Waals surface area contributed by atoms with Gasteiger partial charge in [0.25, 0.3) is 0 Å². The van der Waals surface area contributed by atoms with Gasteiger partial charge in [0.15, 0.2) is 5.21 Å². The molecule has 0 aliphatic carbocycles. The van der Waals surface area contributed by atoms with Crippen molar-refractivity contribution >= 4 is 19.0 Å². The Balaban J connectivity index is 0.000000292. The number of aromatic nitrogens is 4. The summed E-state index contributed by atoms with van der Waals surface area (Å²) in [6.07, 6.45) is 2.00. The van der Waals surface area contributed by atoms with E-state index in [9.17, 15) is 17.3 Å². The van der Waals surface area contributed by atoms with Crippen LogP contribution in [0.5, 0.6) is 0 Å².